The molecule has 0 fully saturated rings. The maximum atomic E-state index is 12.5. The van der Waals surface area contributed by atoms with Gasteiger partial charge in [-0.15, -0.1) is 0 Å². The molecule has 34 heavy (non-hydrogen) atoms. The van der Waals surface area contributed by atoms with Crippen molar-refractivity contribution in [2.24, 2.45) is 0 Å². The number of rotatable bonds is 6. The highest BCUT2D eigenvalue weighted by molar-refractivity contribution is 7.22. The summed E-state index contributed by atoms with van der Waals surface area (Å²) in [6, 6.07) is 13.8. The smallest absolute Gasteiger partial charge is 0.326 e. The van der Waals surface area contributed by atoms with Crippen LogP contribution >= 0.6 is 11.3 Å². The molecule has 0 saturated carbocycles. The minimum Gasteiger partial charge on any atom is -0.497 e. The fraction of sp³-hybridized carbons (Fsp3) is 0.250. The summed E-state index contributed by atoms with van der Waals surface area (Å²) in [4.78, 5) is 29.1. The highest BCUT2D eigenvalue weighted by Crippen LogP contribution is 2.29. The number of methoxy groups -OCH3 is 1. The first kappa shape index (κ1) is 23.2. The van der Waals surface area contributed by atoms with E-state index in [9.17, 15) is 9.59 Å². The van der Waals surface area contributed by atoms with Gasteiger partial charge in [-0.1, -0.05) is 49.4 Å². The topological polar surface area (TPSA) is 118 Å². The lowest BCUT2D eigenvalue weighted by Crippen LogP contribution is -2.19. The Morgan fingerprint density at radius 3 is 2.47 bits per heavy atom. The Kier molecular flexibility index (Phi) is 6.51. The van der Waals surface area contributed by atoms with Gasteiger partial charge in [0.2, 0.25) is 11.8 Å². The van der Waals surface area contributed by atoms with Crippen LogP contribution in [0, 0.1) is 0 Å². The monoisotopic (exact) mass is 479 g/mol. The fourth-order valence-electron chi connectivity index (χ4n) is 3.10. The Labute approximate surface area is 200 Å². The molecule has 0 aliphatic carbocycles. The summed E-state index contributed by atoms with van der Waals surface area (Å²) < 4.78 is 11.3. The van der Waals surface area contributed by atoms with E-state index in [1.54, 1.807) is 37.4 Å². The molecule has 0 aliphatic rings. The van der Waals surface area contributed by atoms with E-state index in [1.807, 2.05) is 39.0 Å². The first-order valence-corrected chi connectivity index (χ1v) is 11.4. The average molecular weight is 480 g/mol. The second-order valence-corrected chi connectivity index (χ2v) is 9.71. The zero-order chi connectivity index (χ0) is 24.3. The highest BCUT2D eigenvalue weighted by Gasteiger charge is 2.19. The van der Waals surface area contributed by atoms with Gasteiger partial charge in [-0.3, -0.25) is 10.1 Å². The molecular formula is C24H25N5O4S. The van der Waals surface area contributed by atoms with Crippen molar-refractivity contribution in [3.63, 3.8) is 0 Å². The molecule has 0 aliphatic heterocycles. The number of urea groups is 1. The first-order chi connectivity index (χ1) is 16.2. The maximum Gasteiger partial charge on any atom is 0.326 e. The summed E-state index contributed by atoms with van der Waals surface area (Å²) in [6.45, 7) is 6.02. The van der Waals surface area contributed by atoms with Gasteiger partial charge in [0.15, 0.2) is 5.13 Å². The molecule has 2 aromatic heterocycles. The summed E-state index contributed by atoms with van der Waals surface area (Å²) in [5, 5.41) is 12.7. The number of nitrogens with one attached hydrogen (secondary N) is 3. The number of fused-ring (bicyclic) bond motifs is 1. The first-order valence-electron chi connectivity index (χ1n) is 10.6. The molecule has 4 rings (SSSR count). The third-order valence-electron chi connectivity index (χ3n) is 4.93. The normalized spacial score (nSPS) is 11.3. The van der Waals surface area contributed by atoms with Gasteiger partial charge < -0.3 is 19.9 Å². The zero-order valence-electron chi connectivity index (χ0n) is 19.3. The number of anilines is 3. The number of hydrogen-bond donors (Lipinski definition) is 3. The van der Waals surface area contributed by atoms with Crippen LogP contribution in [0.15, 0.2) is 53.1 Å². The van der Waals surface area contributed by atoms with Crippen LogP contribution in [0.4, 0.5) is 21.5 Å². The quantitative estimate of drug-likeness (QED) is 0.340. The summed E-state index contributed by atoms with van der Waals surface area (Å²) in [7, 11) is 1.61. The van der Waals surface area contributed by atoms with Gasteiger partial charge in [0, 0.05) is 17.2 Å². The molecule has 176 valence electrons. The number of thiazole rings is 1. The molecule has 3 amide bonds. The summed E-state index contributed by atoms with van der Waals surface area (Å²) in [5.41, 5.74) is 2.75. The van der Waals surface area contributed by atoms with E-state index in [-0.39, 0.29) is 23.6 Å². The zero-order valence-corrected chi connectivity index (χ0v) is 20.1. The Hall–Kier alpha value is -3.92. The van der Waals surface area contributed by atoms with Crippen molar-refractivity contribution in [2.75, 3.05) is 23.1 Å². The van der Waals surface area contributed by atoms with Gasteiger partial charge in [0.05, 0.1) is 29.4 Å². The predicted octanol–water partition coefficient (Wildman–Crippen LogP) is 5.42. The van der Waals surface area contributed by atoms with Gasteiger partial charge in [-0.05, 0) is 35.9 Å². The Bertz CT molecular complexity index is 1320. The minimum absolute atomic E-state index is 0.176. The summed E-state index contributed by atoms with van der Waals surface area (Å²) >= 11 is 1.39. The van der Waals surface area contributed by atoms with Gasteiger partial charge in [-0.2, -0.15) is 0 Å². The average Bonchev–Trinajstić information content (AvgIpc) is 3.40. The van der Waals surface area contributed by atoms with Crippen LogP contribution in [0.25, 0.3) is 10.2 Å². The van der Waals surface area contributed by atoms with Crippen molar-refractivity contribution in [1.29, 1.82) is 0 Å². The lowest BCUT2D eigenvalue weighted by atomic mass is 9.92. The number of carbonyl (C=O) groups excluding carboxylic acids is 2. The van der Waals surface area contributed by atoms with Crippen molar-refractivity contribution in [3.05, 3.63) is 59.8 Å². The third kappa shape index (κ3) is 5.70. The van der Waals surface area contributed by atoms with Crippen LogP contribution in [-0.4, -0.2) is 29.2 Å². The van der Waals surface area contributed by atoms with E-state index < -0.39 is 6.03 Å². The van der Waals surface area contributed by atoms with Gasteiger partial charge >= 0.3 is 6.03 Å². The SMILES string of the molecule is COc1ccc2nc(NC(=O)Cc3ccc(NC(=O)Nc4cc(C(C)(C)C)no4)cc3)sc2c1. The molecule has 0 spiro atoms. The van der Waals surface area contributed by atoms with Crippen molar-refractivity contribution < 1.29 is 18.8 Å². The Balaban J connectivity index is 1.30. The lowest BCUT2D eigenvalue weighted by molar-refractivity contribution is -0.115. The van der Waals surface area contributed by atoms with E-state index in [0.717, 1.165) is 27.2 Å². The van der Waals surface area contributed by atoms with Crippen LogP contribution < -0.4 is 20.7 Å². The van der Waals surface area contributed by atoms with Crippen molar-refractivity contribution in [3.8, 4) is 5.75 Å². The number of amides is 3. The second-order valence-electron chi connectivity index (χ2n) is 8.68. The van der Waals surface area contributed by atoms with Crippen LogP contribution in [0.1, 0.15) is 32.0 Å². The molecule has 3 N–H and O–H groups in total. The maximum absolute atomic E-state index is 12.5. The molecule has 2 aromatic carbocycles. The molecule has 4 aromatic rings. The highest BCUT2D eigenvalue weighted by atomic mass is 32.1. The van der Waals surface area contributed by atoms with Gasteiger partial charge in [0.25, 0.3) is 0 Å². The molecule has 10 heteroatoms. The Morgan fingerprint density at radius 1 is 1.03 bits per heavy atom. The van der Waals surface area contributed by atoms with Crippen LogP contribution in [0.5, 0.6) is 5.75 Å². The second kappa shape index (κ2) is 9.52. The molecule has 0 atom stereocenters. The van der Waals surface area contributed by atoms with Crippen LogP contribution in [0.2, 0.25) is 0 Å². The number of nitrogens with zero attached hydrogens (tertiary/aromatic N) is 2. The molecule has 0 bridgehead atoms. The largest absolute Gasteiger partial charge is 0.497 e. The molecule has 0 radical (unpaired) electrons. The van der Waals surface area contributed by atoms with Crippen molar-refractivity contribution in [2.45, 2.75) is 32.6 Å². The van der Waals surface area contributed by atoms with Crippen molar-refractivity contribution in [1.82, 2.24) is 10.1 Å². The summed E-state index contributed by atoms with van der Waals surface area (Å²) in [5.74, 6) is 0.834. The summed E-state index contributed by atoms with van der Waals surface area (Å²) in [6.07, 6.45) is 0.180. The van der Waals surface area contributed by atoms with E-state index in [1.165, 1.54) is 11.3 Å². The van der Waals surface area contributed by atoms with E-state index >= 15 is 0 Å². The van der Waals surface area contributed by atoms with Crippen LogP contribution in [0.3, 0.4) is 0 Å². The van der Waals surface area contributed by atoms with Gasteiger partial charge in [0.1, 0.15) is 5.75 Å². The molecule has 0 saturated heterocycles. The minimum atomic E-state index is -0.449. The van der Waals surface area contributed by atoms with Crippen molar-refractivity contribution >= 4 is 50.2 Å². The number of ether oxygens (including phenoxy) is 1. The molecular weight excluding hydrogens is 454 g/mol. The number of benzene rings is 2. The predicted molar refractivity (Wildman–Crippen MR) is 133 cm³/mol. The van der Waals surface area contributed by atoms with E-state index in [2.05, 4.69) is 26.1 Å². The fourth-order valence-corrected chi connectivity index (χ4v) is 4.01. The standard InChI is InChI=1S/C24H25N5O4S/c1-24(2,3)19-13-21(33-29-19)28-22(31)25-15-7-5-14(6-8-15)11-20(30)27-23-26-17-10-9-16(32-4)12-18(17)34-23/h5-10,12-13H,11H2,1-4H3,(H2,25,28,31)(H,26,27,30). The van der Waals surface area contributed by atoms with E-state index in [4.69, 9.17) is 9.26 Å². The van der Waals surface area contributed by atoms with Crippen LogP contribution in [-0.2, 0) is 16.6 Å². The molecule has 2 heterocycles. The number of hydrogen-bond acceptors (Lipinski definition) is 7. The Morgan fingerprint density at radius 2 is 1.79 bits per heavy atom. The number of carbonyl (C=O) groups is 2. The number of aromatic nitrogens is 2. The van der Waals surface area contributed by atoms with E-state index in [0.29, 0.717) is 10.8 Å². The third-order valence-corrected chi connectivity index (χ3v) is 5.87. The van der Waals surface area contributed by atoms with Gasteiger partial charge in [-0.25, -0.2) is 9.78 Å². The molecule has 0 unspecified atom stereocenters. The lowest BCUT2D eigenvalue weighted by Gasteiger charge is -2.12. The molecule has 9 nitrogen and oxygen atoms in total.